The minimum Gasteiger partial charge on any atom is -0.542 e. The molecule has 0 unspecified atom stereocenters. The van der Waals surface area contributed by atoms with Gasteiger partial charge in [0.2, 0.25) is 0 Å². The molecule has 0 radical (unpaired) electrons. The Bertz CT molecular complexity index is 656. The number of carboxylic acids is 1. The van der Waals surface area contributed by atoms with Gasteiger partial charge in [0.25, 0.3) is 8.32 Å². The van der Waals surface area contributed by atoms with E-state index in [2.05, 4.69) is 39.2 Å². The quantitative estimate of drug-likeness (QED) is 0.722. The number of anilines is 1. The van der Waals surface area contributed by atoms with E-state index in [1.165, 1.54) is 18.2 Å². The number of hydrogen-bond donors (Lipinski definition) is 2. The highest BCUT2D eigenvalue weighted by atomic mass is 28.4. The molecule has 1 aromatic rings. The molecule has 1 amide bonds. The van der Waals surface area contributed by atoms with E-state index in [4.69, 9.17) is 9.16 Å². The van der Waals surface area contributed by atoms with Crippen molar-refractivity contribution in [3.05, 3.63) is 23.8 Å². The van der Waals surface area contributed by atoms with Crippen molar-refractivity contribution < 1.29 is 23.9 Å². The molecule has 6 nitrogen and oxygen atoms in total. The third-order valence-electron chi connectivity index (χ3n) is 4.04. The van der Waals surface area contributed by atoms with Crippen molar-refractivity contribution in [2.24, 2.45) is 0 Å². The van der Waals surface area contributed by atoms with E-state index in [1.54, 1.807) is 20.8 Å². The summed E-state index contributed by atoms with van der Waals surface area (Å²) in [6.45, 7) is 15.7. The third-order valence-corrected chi connectivity index (χ3v) is 8.38. The molecule has 0 aliphatic carbocycles. The molecule has 0 spiro atoms. The van der Waals surface area contributed by atoms with Crippen molar-refractivity contribution in [1.82, 2.24) is 0 Å². The maximum Gasteiger partial charge on any atom is 0.412 e. The van der Waals surface area contributed by atoms with Crippen LogP contribution in [0.4, 0.5) is 10.5 Å². The van der Waals surface area contributed by atoms with Crippen molar-refractivity contribution in [3.63, 3.8) is 0 Å². The summed E-state index contributed by atoms with van der Waals surface area (Å²) in [5.41, 5.74) is -0.140. The van der Waals surface area contributed by atoms with Crippen molar-refractivity contribution in [1.29, 1.82) is 0 Å². The molecule has 0 bridgehead atoms. The van der Waals surface area contributed by atoms with Gasteiger partial charge in [0.1, 0.15) is 11.4 Å². The molecule has 7 heteroatoms. The minimum absolute atomic E-state index is 0.0740. The Morgan fingerprint density at radius 1 is 1.08 bits per heavy atom. The maximum absolute atomic E-state index is 12.1. The lowest BCUT2D eigenvalue weighted by molar-refractivity contribution is 0.0634. The highest BCUT2D eigenvalue weighted by Crippen LogP contribution is 2.39. The standard InChI is InChI=1S/C18H29NO5Si/c1-17(2,3)23-16(22)19-13-10-9-12(15(20)21)11-14(13)24-25(7,8)18(4,5)6/h9-11H,1-8H3,(H,19,22)(H,20,21). The molecule has 25 heavy (non-hydrogen) atoms. The number of aromatic carboxylic acids is 1. The number of rotatable bonds is 4. The summed E-state index contributed by atoms with van der Waals surface area (Å²) in [6, 6.07) is 4.39. The fourth-order valence-corrected chi connectivity index (χ4v) is 2.71. The predicted octanol–water partition coefficient (Wildman–Crippen LogP) is 5.12. The van der Waals surface area contributed by atoms with E-state index in [0.717, 1.165) is 0 Å². The smallest absolute Gasteiger partial charge is 0.412 e. The van der Waals surface area contributed by atoms with Gasteiger partial charge in [0.05, 0.1) is 11.3 Å². The Morgan fingerprint density at radius 2 is 1.64 bits per heavy atom. The number of nitrogens with one attached hydrogen (secondary N) is 1. The van der Waals surface area contributed by atoms with Crippen LogP contribution in [0.2, 0.25) is 18.1 Å². The summed E-state index contributed by atoms with van der Waals surface area (Å²) in [4.78, 5) is 23.3. The van der Waals surface area contributed by atoms with Gasteiger partial charge < -0.3 is 14.3 Å². The zero-order valence-corrected chi connectivity index (χ0v) is 17.3. The van der Waals surface area contributed by atoms with Gasteiger partial charge in [-0.1, -0.05) is 20.8 Å². The highest BCUT2D eigenvalue weighted by Gasteiger charge is 2.39. The van der Waals surface area contributed by atoms with E-state index < -0.39 is 26.0 Å². The zero-order valence-electron chi connectivity index (χ0n) is 16.3. The van der Waals surface area contributed by atoms with E-state index in [9.17, 15) is 14.7 Å². The molecule has 0 heterocycles. The lowest BCUT2D eigenvalue weighted by Gasteiger charge is -2.37. The van der Waals surface area contributed by atoms with Crippen LogP contribution < -0.4 is 9.74 Å². The molecule has 1 aromatic carbocycles. The van der Waals surface area contributed by atoms with Gasteiger partial charge in [-0.25, -0.2) is 9.59 Å². The van der Waals surface area contributed by atoms with Gasteiger partial charge in [-0.2, -0.15) is 0 Å². The maximum atomic E-state index is 12.1. The number of ether oxygens (including phenoxy) is 1. The summed E-state index contributed by atoms with van der Waals surface area (Å²) in [6.07, 6.45) is -0.615. The first-order valence-corrected chi connectivity index (χ1v) is 11.1. The normalized spacial score (nSPS) is 12.5. The Hall–Kier alpha value is -2.02. The number of amides is 1. The third kappa shape index (κ3) is 6.08. The van der Waals surface area contributed by atoms with Crippen molar-refractivity contribution >= 4 is 26.1 Å². The largest absolute Gasteiger partial charge is 0.542 e. The first-order valence-electron chi connectivity index (χ1n) is 8.19. The predicted molar refractivity (Wildman–Crippen MR) is 101 cm³/mol. The lowest BCUT2D eigenvalue weighted by atomic mass is 10.2. The van der Waals surface area contributed by atoms with Crippen LogP contribution in [0.3, 0.4) is 0 Å². The van der Waals surface area contributed by atoms with E-state index in [1.807, 2.05) is 0 Å². The summed E-state index contributed by atoms with van der Waals surface area (Å²) >= 11 is 0. The van der Waals surface area contributed by atoms with Gasteiger partial charge in [-0.15, -0.1) is 0 Å². The molecule has 140 valence electrons. The monoisotopic (exact) mass is 367 g/mol. The molecule has 0 aliphatic rings. The van der Waals surface area contributed by atoms with Crippen LogP contribution in [-0.2, 0) is 4.74 Å². The van der Waals surface area contributed by atoms with E-state index in [0.29, 0.717) is 11.4 Å². The van der Waals surface area contributed by atoms with Crippen LogP contribution in [0.15, 0.2) is 18.2 Å². The molecule has 1 rings (SSSR count). The molecule has 0 aliphatic heterocycles. The molecule has 2 N–H and O–H groups in total. The van der Waals surface area contributed by atoms with Crippen LogP contribution in [0, 0.1) is 0 Å². The summed E-state index contributed by atoms with van der Waals surface area (Å²) in [5.74, 6) is -0.707. The van der Waals surface area contributed by atoms with Crippen molar-refractivity contribution in [3.8, 4) is 5.75 Å². The minimum atomic E-state index is -2.22. The van der Waals surface area contributed by atoms with Gasteiger partial charge in [0.15, 0.2) is 0 Å². The molecule has 0 atom stereocenters. The molecule has 0 fully saturated rings. The Morgan fingerprint density at radius 3 is 2.08 bits per heavy atom. The van der Waals surface area contributed by atoms with Gasteiger partial charge in [0, 0.05) is 0 Å². The Kier molecular flexibility index (Phi) is 5.95. The number of hydrogen-bond acceptors (Lipinski definition) is 4. The van der Waals surface area contributed by atoms with Crippen LogP contribution in [-0.4, -0.2) is 31.1 Å². The van der Waals surface area contributed by atoms with Crippen LogP contribution in [0.1, 0.15) is 51.9 Å². The second-order valence-electron chi connectivity index (χ2n) is 8.51. The van der Waals surface area contributed by atoms with Crippen LogP contribution in [0.25, 0.3) is 0 Å². The molecule has 0 aromatic heterocycles. The highest BCUT2D eigenvalue weighted by molar-refractivity contribution is 6.74. The first kappa shape index (κ1) is 21.0. The second kappa shape index (κ2) is 7.07. The fourth-order valence-electron chi connectivity index (χ4n) is 1.68. The van der Waals surface area contributed by atoms with E-state index in [-0.39, 0.29) is 10.6 Å². The summed E-state index contributed by atoms with van der Waals surface area (Å²) in [5, 5.41) is 11.8. The van der Waals surface area contributed by atoms with Crippen molar-refractivity contribution in [2.45, 2.75) is 65.3 Å². The summed E-state index contributed by atoms with van der Waals surface area (Å²) in [7, 11) is -2.22. The second-order valence-corrected chi connectivity index (χ2v) is 13.2. The molecular weight excluding hydrogens is 338 g/mol. The lowest BCUT2D eigenvalue weighted by Crippen LogP contribution is -2.44. The first-order chi connectivity index (χ1) is 11.1. The molecular formula is C18H29NO5Si. The number of carbonyl (C=O) groups is 2. The molecule has 0 saturated heterocycles. The Balaban J connectivity index is 3.21. The zero-order chi connectivity index (χ0) is 19.6. The van der Waals surface area contributed by atoms with Gasteiger partial charge >= 0.3 is 12.1 Å². The van der Waals surface area contributed by atoms with E-state index >= 15 is 0 Å². The van der Waals surface area contributed by atoms with Crippen LogP contribution in [0.5, 0.6) is 5.75 Å². The van der Waals surface area contributed by atoms with Gasteiger partial charge in [-0.05, 0) is 57.1 Å². The van der Waals surface area contributed by atoms with Gasteiger partial charge in [-0.3, -0.25) is 5.32 Å². The average Bonchev–Trinajstić information content (AvgIpc) is 2.36. The van der Waals surface area contributed by atoms with Crippen molar-refractivity contribution in [2.75, 3.05) is 5.32 Å². The number of carbonyl (C=O) groups excluding carboxylic acids is 1. The van der Waals surface area contributed by atoms with Crippen LogP contribution >= 0.6 is 0 Å². The fraction of sp³-hybridized carbons (Fsp3) is 0.556. The Labute approximate surface area is 150 Å². The molecule has 0 saturated carbocycles. The SMILES string of the molecule is CC(C)(C)OC(=O)Nc1ccc(C(=O)O)cc1O[Si](C)(C)C(C)(C)C. The topological polar surface area (TPSA) is 84.9 Å². The average molecular weight is 368 g/mol. The number of carboxylic acid groups (broad SMARTS) is 1. The summed E-state index contributed by atoms with van der Waals surface area (Å²) < 4.78 is 11.5. The number of benzene rings is 1.